The second-order valence-corrected chi connectivity index (χ2v) is 4.08. The Hall–Kier alpha value is -1.36. The zero-order chi connectivity index (χ0) is 12.1. The molecular formula is C11H19N3O2. The molecule has 0 bridgehead atoms. The minimum atomic E-state index is -0.756. The van der Waals surface area contributed by atoms with Gasteiger partial charge >= 0.3 is 5.97 Å². The summed E-state index contributed by atoms with van der Waals surface area (Å²) in [5, 5.41) is 13.2. The van der Waals surface area contributed by atoms with Crippen molar-refractivity contribution in [2.24, 2.45) is 7.05 Å². The predicted octanol–water partition coefficient (Wildman–Crippen LogP) is 1.11. The van der Waals surface area contributed by atoms with E-state index < -0.39 is 12.0 Å². The highest BCUT2D eigenvalue weighted by Crippen LogP contribution is 2.10. The number of likely N-dealkylation sites (N-methyl/N-ethyl adjacent to an activating group) is 1. The monoisotopic (exact) mass is 225 g/mol. The molecule has 0 aliphatic rings. The van der Waals surface area contributed by atoms with E-state index in [1.807, 2.05) is 32.1 Å². The van der Waals surface area contributed by atoms with E-state index in [4.69, 9.17) is 5.11 Å². The van der Waals surface area contributed by atoms with Crippen molar-refractivity contribution in [2.75, 3.05) is 7.05 Å². The lowest BCUT2D eigenvalue weighted by Crippen LogP contribution is -2.37. The van der Waals surface area contributed by atoms with Crippen molar-refractivity contribution in [3.8, 4) is 0 Å². The van der Waals surface area contributed by atoms with Gasteiger partial charge in [-0.15, -0.1) is 0 Å². The highest BCUT2D eigenvalue weighted by molar-refractivity contribution is 5.73. The standard InChI is InChI=1S/C11H19N3O2/c1-4-5-10(11(15)16)13(2)7-9-6-12-14(3)8-9/h6,8,10H,4-5,7H2,1-3H3,(H,15,16). The summed E-state index contributed by atoms with van der Waals surface area (Å²) in [4.78, 5) is 12.9. The number of aliphatic carboxylic acids is 1. The van der Waals surface area contributed by atoms with Crippen LogP contribution in [0.5, 0.6) is 0 Å². The summed E-state index contributed by atoms with van der Waals surface area (Å²) in [7, 11) is 3.69. The Balaban J connectivity index is 2.61. The molecule has 0 aliphatic heterocycles. The maximum atomic E-state index is 11.1. The molecule has 0 aromatic carbocycles. The molecule has 0 radical (unpaired) electrons. The summed E-state index contributed by atoms with van der Waals surface area (Å²) in [5.41, 5.74) is 1.03. The lowest BCUT2D eigenvalue weighted by Gasteiger charge is -2.23. The first-order valence-electron chi connectivity index (χ1n) is 5.45. The molecule has 90 valence electrons. The average Bonchev–Trinajstić information content (AvgIpc) is 2.59. The Kier molecular flexibility index (Phi) is 4.49. The molecule has 1 rings (SSSR count). The van der Waals surface area contributed by atoms with Crippen LogP contribution in [0.4, 0.5) is 0 Å². The van der Waals surface area contributed by atoms with Crippen molar-refractivity contribution in [3.05, 3.63) is 18.0 Å². The second kappa shape index (κ2) is 5.65. The van der Waals surface area contributed by atoms with Gasteiger partial charge in [-0.05, 0) is 13.5 Å². The van der Waals surface area contributed by atoms with E-state index >= 15 is 0 Å². The van der Waals surface area contributed by atoms with Crippen molar-refractivity contribution in [1.29, 1.82) is 0 Å². The molecule has 0 amide bonds. The van der Waals surface area contributed by atoms with Gasteiger partial charge in [0.25, 0.3) is 0 Å². The van der Waals surface area contributed by atoms with E-state index in [-0.39, 0.29) is 0 Å². The lowest BCUT2D eigenvalue weighted by molar-refractivity contribution is -0.143. The molecule has 5 nitrogen and oxygen atoms in total. The Morgan fingerprint density at radius 1 is 1.69 bits per heavy atom. The zero-order valence-corrected chi connectivity index (χ0v) is 10.1. The molecule has 16 heavy (non-hydrogen) atoms. The normalized spacial score (nSPS) is 13.0. The molecule has 0 fully saturated rings. The summed E-state index contributed by atoms with van der Waals surface area (Å²) in [5.74, 6) is -0.756. The van der Waals surface area contributed by atoms with Gasteiger partial charge in [0.05, 0.1) is 6.20 Å². The van der Waals surface area contributed by atoms with Crippen molar-refractivity contribution in [2.45, 2.75) is 32.4 Å². The number of carbonyl (C=O) groups is 1. The molecule has 1 aromatic rings. The molecule has 1 N–H and O–H groups in total. The maximum absolute atomic E-state index is 11.1. The number of carboxylic acid groups (broad SMARTS) is 1. The summed E-state index contributed by atoms with van der Waals surface area (Å²) in [6.07, 6.45) is 5.21. The molecule has 0 saturated heterocycles. The third-order valence-corrected chi connectivity index (χ3v) is 2.57. The van der Waals surface area contributed by atoms with Gasteiger partial charge in [-0.2, -0.15) is 5.10 Å². The average molecular weight is 225 g/mol. The van der Waals surface area contributed by atoms with Crippen molar-refractivity contribution >= 4 is 5.97 Å². The van der Waals surface area contributed by atoms with Gasteiger partial charge in [-0.25, -0.2) is 0 Å². The summed E-state index contributed by atoms with van der Waals surface area (Å²) in [6, 6.07) is -0.412. The number of hydrogen-bond acceptors (Lipinski definition) is 3. The van der Waals surface area contributed by atoms with Crippen LogP contribution in [0.3, 0.4) is 0 Å². The van der Waals surface area contributed by atoms with E-state index in [1.165, 1.54) is 0 Å². The fourth-order valence-corrected chi connectivity index (χ4v) is 1.76. The molecule has 0 spiro atoms. The summed E-state index contributed by atoms with van der Waals surface area (Å²) in [6.45, 7) is 2.61. The van der Waals surface area contributed by atoms with Crippen LogP contribution in [0, 0.1) is 0 Å². The molecule has 1 heterocycles. The Morgan fingerprint density at radius 2 is 2.38 bits per heavy atom. The largest absolute Gasteiger partial charge is 0.480 e. The van der Waals surface area contributed by atoms with Crippen LogP contribution in [0.2, 0.25) is 0 Å². The Labute approximate surface area is 95.7 Å². The van der Waals surface area contributed by atoms with E-state index in [0.29, 0.717) is 13.0 Å². The number of aryl methyl sites for hydroxylation is 1. The van der Waals surface area contributed by atoms with Crippen LogP contribution in [-0.2, 0) is 18.4 Å². The first kappa shape index (κ1) is 12.7. The highest BCUT2D eigenvalue weighted by Gasteiger charge is 2.21. The SMILES string of the molecule is CCCC(C(=O)O)N(C)Cc1cnn(C)c1. The van der Waals surface area contributed by atoms with Gasteiger partial charge in [0.1, 0.15) is 6.04 Å². The third-order valence-electron chi connectivity index (χ3n) is 2.57. The van der Waals surface area contributed by atoms with Crippen LogP contribution in [0.15, 0.2) is 12.4 Å². The van der Waals surface area contributed by atoms with Crippen LogP contribution in [0.25, 0.3) is 0 Å². The van der Waals surface area contributed by atoms with Crippen LogP contribution in [0.1, 0.15) is 25.3 Å². The van der Waals surface area contributed by atoms with Gasteiger partial charge in [0, 0.05) is 25.4 Å². The lowest BCUT2D eigenvalue weighted by atomic mass is 10.1. The number of hydrogen-bond donors (Lipinski definition) is 1. The molecule has 1 unspecified atom stereocenters. The molecule has 1 aromatic heterocycles. The quantitative estimate of drug-likeness (QED) is 0.787. The van der Waals surface area contributed by atoms with Crippen LogP contribution in [-0.4, -0.2) is 38.8 Å². The molecule has 5 heteroatoms. The Morgan fingerprint density at radius 3 is 2.81 bits per heavy atom. The van der Waals surface area contributed by atoms with E-state index in [2.05, 4.69) is 5.10 Å². The number of rotatable bonds is 6. The molecule has 0 saturated carbocycles. The molecule has 1 atom stereocenters. The first-order chi connectivity index (χ1) is 7.54. The third kappa shape index (κ3) is 3.34. The number of aromatic nitrogens is 2. The van der Waals surface area contributed by atoms with Gasteiger partial charge in [-0.3, -0.25) is 14.4 Å². The summed E-state index contributed by atoms with van der Waals surface area (Å²) < 4.78 is 1.72. The van der Waals surface area contributed by atoms with Crippen molar-refractivity contribution in [1.82, 2.24) is 14.7 Å². The smallest absolute Gasteiger partial charge is 0.320 e. The van der Waals surface area contributed by atoms with Gasteiger partial charge in [-0.1, -0.05) is 13.3 Å². The number of nitrogens with zero attached hydrogens (tertiary/aromatic N) is 3. The minimum Gasteiger partial charge on any atom is -0.480 e. The topological polar surface area (TPSA) is 58.4 Å². The van der Waals surface area contributed by atoms with Gasteiger partial charge < -0.3 is 5.11 Å². The van der Waals surface area contributed by atoms with Gasteiger partial charge in [0.2, 0.25) is 0 Å². The zero-order valence-electron chi connectivity index (χ0n) is 10.1. The fourth-order valence-electron chi connectivity index (χ4n) is 1.76. The van der Waals surface area contributed by atoms with E-state index in [1.54, 1.807) is 10.9 Å². The van der Waals surface area contributed by atoms with Crippen LogP contribution < -0.4 is 0 Å². The number of carboxylic acids is 1. The van der Waals surface area contributed by atoms with Crippen molar-refractivity contribution < 1.29 is 9.90 Å². The molecule has 0 aliphatic carbocycles. The second-order valence-electron chi connectivity index (χ2n) is 4.08. The van der Waals surface area contributed by atoms with Crippen molar-refractivity contribution in [3.63, 3.8) is 0 Å². The van der Waals surface area contributed by atoms with E-state index in [9.17, 15) is 4.79 Å². The Bertz CT molecular complexity index is 349. The van der Waals surface area contributed by atoms with Gasteiger partial charge in [0.15, 0.2) is 0 Å². The van der Waals surface area contributed by atoms with E-state index in [0.717, 1.165) is 12.0 Å². The summed E-state index contributed by atoms with van der Waals surface area (Å²) >= 11 is 0. The molecular weight excluding hydrogens is 206 g/mol. The first-order valence-corrected chi connectivity index (χ1v) is 5.45. The fraction of sp³-hybridized carbons (Fsp3) is 0.636. The predicted molar refractivity (Wildman–Crippen MR) is 61.0 cm³/mol. The maximum Gasteiger partial charge on any atom is 0.320 e. The van der Waals surface area contributed by atoms with Crippen LogP contribution >= 0.6 is 0 Å². The highest BCUT2D eigenvalue weighted by atomic mass is 16.4. The minimum absolute atomic E-state index is 0.412.